The van der Waals surface area contributed by atoms with Crippen molar-refractivity contribution < 1.29 is 14.6 Å². The normalized spacial score (nSPS) is 28.0. The third-order valence-electron chi connectivity index (χ3n) is 5.24. The Labute approximate surface area is 138 Å². The van der Waals surface area contributed by atoms with Crippen LogP contribution in [0.25, 0.3) is 0 Å². The number of hydrogen-bond donors (Lipinski definition) is 1. The van der Waals surface area contributed by atoms with Crippen LogP contribution in [0.1, 0.15) is 44.1 Å². The summed E-state index contributed by atoms with van der Waals surface area (Å²) in [6.07, 6.45) is 6.30. The molecule has 4 nitrogen and oxygen atoms in total. The topological polar surface area (TPSA) is 49.8 Å². The predicted octanol–water partition coefficient (Wildman–Crippen LogP) is 2.54. The molecule has 2 heterocycles. The summed E-state index contributed by atoms with van der Waals surface area (Å²) in [7, 11) is 0. The summed E-state index contributed by atoms with van der Waals surface area (Å²) in [6, 6.07) is 10.2. The Morgan fingerprint density at radius 2 is 2.09 bits per heavy atom. The van der Waals surface area contributed by atoms with Crippen LogP contribution in [0.5, 0.6) is 0 Å². The van der Waals surface area contributed by atoms with Crippen molar-refractivity contribution in [3.05, 3.63) is 35.9 Å². The van der Waals surface area contributed by atoms with Crippen LogP contribution in [0.15, 0.2) is 30.3 Å². The van der Waals surface area contributed by atoms with Gasteiger partial charge in [-0.15, -0.1) is 0 Å². The average molecular weight is 317 g/mol. The molecule has 0 spiro atoms. The maximum absolute atomic E-state index is 12.8. The molecule has 0 saturated carbocycles. The maximum Gasteiger partial charge on any atom is 0.225 e. The van der Waals surface area contributed by atoms with Gasteiger partial charge in [-0.2, -0.15) is 0 Å². The summed E-state index contributed by atoms with van der Waals surface area (Å²) >= 11 is 0. The highest BCUT2D eigenvalue weighted by Gasteiger charge is 2.43. The molecule has 2 aliphatic heterocycles. The number of likely N-dealkylation sites (tertiary alicyclic amines) is 1. The molecule has 1 aromatic rings. The van der Waals surface area contributed by atoms with Gasteiger partial charge in [0, 0.05) is 13.2 Å². The molecule has 1 aromatic carbocycles. The van der Waals surface area contributed by atoms with E-state index in [4.69, 9.17) is 4.74 Å². The standard InChI is InChI=1S/C19H27NO3/c21-15-19(14-16-7-2-1-3-8-16)10-6-11-20(19)18(22)13-17-9-4-5-12-23-17/h1-3,7-8,17,21H,4-6,9-15H2/t17-,19+/m1/s1. The highest BCUT2D eigenvalue weighted by Crippen LogP contribution is 2.33. The zero-order valence-corrected chi connectivity index (χ0v) is 13.7. The van der Waals surface area contributed by atoms with Crippen molar-refractivity contribution in [3.63, 3.8) is 0 Å². The van der Waals surface area contributed by atoms with Crippen molar-refractivity contribution in [2.45, 2.75) is 56.6 Å². The van der Waals surface area contributed by atoms with Gasteiger partial charge in [-0.1, -0.05) is 30.3 Å². The molecule has 4 heteroatoms. The van der Waals surface area contributed by atoms with Gasteiger partial charge in [0.15, 0.2) is 0 Å². The Kier molecular flexibility index (Phi) is 5.34. The third kappa shape index (κ3) is 3.75. The SMILES string of the molecule is O=C(C[C@H]1CCCCO1)N1CCC[C@@]1(CO)Cc1ccccc1. The molecule has 0 aromatic heterocycles. The van der Waals surface area contributed by atoms with E-state index < -0.39 is 5.54 Å². The Morgan fingerprint density at radius 1 is 1.26 bits per heavy atom. The van der Waals surface area contributed by atoms with Gasteiger partial charge in [-0.05, 0) is 44.1 Å². The molecule has 126 valence electrons. The van der Waals surface area contributed by atoms with Crippen LogP contribution in [0.3, 0.4) is 0 Å². The molecule has 0 radical (unpaired) electrons. The first kappa shape index (κ1) is 16.5. The summed E-state index contributed by atoms with van der Waals surface area (Å²) in [5.41, 5.74) is 0.739. The number of hydrogen-bond acceptors (Lipinski definition) is 3. The summed E-state index contributed by atoms with van der Waals surface area (Å²) in [6.45, 7) is 1.55. The van der Waals surface area contributed by atoms with Crippen LogP contribution in [0.4, 0.5) is 0 Å². The second kappa shape index (κ2) is 7.45. The van der Waals surface area contributed by atoms with Crippen LogP contribution in [-0.2, 0) is 16.0 Å². The predicted molar refractivity (Wildman–Crippen MR) is 89.1 cm³/mol. The van der Waals surface area contributed by atoms with Crippen molar-refractivity contribution >= 4 is 5.91 Å². The minimum atomic E-state index is -0.437. The number of nitrogens with zero attached hydrogens (tertiary/aromatic N) is 1. The number of aliphatic hydroxyl groups excluding tert-OH is 1. The van der Waals surface area contributed by atoms with Gasteiger partial charge in [-0.3, -0.25) is 4.79 Å². The number of rotatable bonds is 5. The van der Waals surface area contributed by atoms with E-state index in [0.717, 1.165) is 51.7 Å². The number of aliphatic hydroxyl groups is 1. The summed E-state index contributed by atoms with van der Waals surface area (Å²) in [5.74, 6) is 0.138. The quantitative estimate of drug-likeness (QED) is 0.908. The van der Waals surface area contributed by atoms with E-state index in [2.05, 4.69) is 12.1 Å². The molecule has 2 fully saturated rings. The molecule has 0 bridgehead atoms. The van der Waals surface area contributed by atoms with E-state index in [1.807, 2.05) is 23.1 Å². The van der Waals surface area contributed by atoms with Crippen LogP contribution in [-0.4, -0.2) is 47.3 Å². The van der Waals surface area contributed by atoms with E-state index in [1.54, 1.807) is 0 Å². The van der Waals surface area contributed by atoms with Gasteiger partial charge in [0.1, 0.15) is 0 Å². The monoisotopic (exact) mass is 317 g/mol. The van der Waals surface area contributed by atoms with E-state index in [9.17, 15) is 9.90 Å². The Hall–Kier alpha value is -1.39. The van der Waals surface area contributed by atoms with Gasteiger partial charge in [0.05, 0.1) is 24.7 Å². The van der Waals surface area contributed by atoms with Crippen molar-refractivity contribution in [1.29, 1.82) is 0 Å². The fourth-order valence-electron chi connectivity index (χ4n) is 3.98. The zero-order valence-electron chi connectivity index (χ0n) is 13.7. The molecule has 1 amide bonds. The second-order valence-corrected chi connectivity index (χ2v) is 6.89. The van der Waals surface area contributed by atoms with Gasteiger partial charge < -0.3 is 14.7 Å². The summed E-state index contributed by atoms with van der Waals surface area (Å²) < 4.78 is 5.72. The van der Waals surface area contributed by atoms with E-state index in [-0.39, 0.29) is 18.6 Å². The first-order valence-corrected chi connectivity index (χ1v) is 8.80. The highest BCUT2D eigenvalue weighted by atomic mass is 16.5. The minimum absolute atomic E-state index is 0.0269. The van der Waals surface area contributed by atoms with Crippen molar-refractivity contribution in [2.75, 3.05) is 19.8 Å². The van der Waals surface area contributed by atoms with E-state index >= 15 is 0 Å². The highest BCUT2D eigenvalue weighted by molar-refractivity contribution is 5.78. The van der Waals surface area contributed by atoms with E-state index in [0.29, 0.717) is 6.42 Å². The molecule has 1 N–H and O–H groups in total. The first-order chi connectivity index (χ1) is 11.2. The fraction of sp³-hybridized carbons (Fsp3) is 0.632. The average Bonchev–Trinajstić information content (AvgIpc) is 3.01. The van der Waals surface area contributed by atoms with Crippen LogP contribution < -0.4 is 0 Å². The van der Waals surface area contributed by atoms with Gasteiger partial charge in [0.2, 0.25) is 5.91 Å². The van der Waals surface area contributed by atoms with Gasteiger partial charge >= 0.3 is 0 Å². The van der Waals surface area contributed by atoms with Gasteiger partial charge in [-0.25, -0.2) is 0 Å². The van der Waals surface area contributed by atoms with Crippen LogP contribution >= 0.6 is 0 Å². The lowest BCUT2D eigenvalue weighted by atomic mass is 9.88. The lowest BCUT2D eigenvalue weighted by Gasteiger charge is -2.38. The smallest absolute Gasteiger partial charge is 0.225 e. The van der Waals surface area contributed by atoms with Crippen molar-refractivity contribution in [1.82, 2.24) is 4.90 Å². The number of carbonyl (C=O) groups is 1. The largest absolute Gasteiger partial charge is 0.394 e. The lowest BCUT2D eigenvalue weighted by molar-refractivity contribution is -0.140. The zero-order chi connectivity index (χ0) is 16.1. The molecular formula is C19H27NO3. The molecule has 0 unspecified atom stereocenters. The Morgan fingerprint density at radius 3 is 2.78 bits per heavy atom. The van der Waals surface area contributed by atoms with Crippen molar-refractivity contribution in [3.8, 4) is 0 Å². The molecule has 3 rings (SSSR count). The lowest BCUT2D eigenvalue weighted by Crippen LogP contribution is -2.52. The molecule has 0 aliphatic carbocycles. The minimum Gasteiger partial charge on any atom is -0.394 e. The Balaban J connectivity index is 1.70. The maximum atomic E-state index is 12.8. The third-order valence-corrected chi connectivity index (χ3v) is 5.24. The van der Waals surface area contributed by atoms with E-state index in [1.165, 1.54) is 5.56 Å². The number of benzene rings is 1. The second-order valence-electron chi connectivity index (χ2n) is 6.89. The molecule has 2 atom stereocenters. The first-order valence-electron chi connectivity index (χ1n) is 8.80. The summed E-state index contributed by atoms with van der Waals surface area (Å²) in [4.78, 5) is 14.7. The van der Waals surface area contributed by atoms with Gasteiger partial charge in [0.25, 0.3) is 0 Å². The Bertz CT molecular complexity index is 513. The van der Waals surface area contributed by atoms with Crippen molar-refractivity contribution in [2.24, 2.45) is 0 Å². The molecule has 2 saturated heterocycles. The van der Waals surface area contributed by atoms with Crippen LogP contribution in [0.2, 0.25) is 0 Å². The number of carbonyl (C=O) groups excluding carboxylic acids is 1. The fourth-order valence-corrected chi connectivity index (χ4v) is 3.98. The molecule has 2 aliphatic rings. The number of ether oxygens (including phenoxy) is 1. The molecule has 23 heavy (non-hydrogen) atoms. The summed E-state index contributed by atoms with van der Waals surface area (Å²) in [5, 5.41) is 10.1. The molecular weight excluding hydrogens is 290 g/mol. The number of amides is 1. The van der Waals surface area contributed by atoms with Crippen LogP contribution in [0, 0.1) is 0 Å².